The van der Waals surface area contributed by atoms with Gasteiger partial charge >= 0.3 is 0 Å². The highest BCUT2D eigenvalue weighted by molar-refractivity contribution is 7.15. The number of carbonyl (C=O) groups is 1. The standard InChI is InChI=1S/C32H29N7O3S/c1-38(31(40)21-6-4-3-5-7-21)23-8-9-25-24(17-23)36-32(39(25)15-13-20-12-14-33-28(16-20)41-2)37-30-29(42-30)27-11-10-26(43-27)22-18-34-35-19-22/h3-12,14,16-19,29-30H,13,15H2,1-2H3,(H,34,35)(H,36,37). The van der Waals surface area contributed by atoms with E-state index in [1.807, 2.05) is 73.1 Å². The molecule has 1 aliphatic heterocycles. The third-order valence-electron chi connectivity index (χ3n) is 7.53. The number of aromatic amines is 1. The van der Waals surface area contributed by atoms with Gasteiger partial charge in [0.25, 0.3) is 5.91 Å². The van der Waals surface area contributed by atoms with Gasteiger partial charge < -0.3 is 24.3 Å². The van der Waals surface area contributed by atoms with Crippen LogP contribution in [0.1, 0.15) is 26.9 Å². The van der Waals surface area contributed by atoms with Gasteiger partial charge in [0.1, 0.15) is 6.10 Å². The summed E-state index contributed by atoms with van der Waals surface area (Å²) in [5.41, 5.74) is 5.31. The molecule has 1 fully saturated rings. The van der Waals surface area contributed by atoms with Crippen molar-refractivity contribution < 1.29 is 14.3 Å². The Bertz CT molecular complexity index is 1880. The van der Waals surface area contributed by atoms with Crippen LogP contribution in [0.3, 0.4) is 0 Å². The molecule has 2 atom stereocenters. The van der Waals surface area contributed by atoms with Gasteiger partial charge in [0.05, 0.1) is 24.3 Å². The van der Waals surface area contributed by atoms with Crippen LogP contribution < -0.4 is 15.0 Å². The second kappa shape index (κ2) is 11.3. The molecule has 0 saturated carbocycles. The molecular weight excluding hydrogens is 562 g/mol. The highest BCUT2D eigenvalue weighted by Crippen LogP contribution is 2.44. The van der Waals surface area contributed by atoms with Crippen LogP contribution in [0.2, 0.25) is 0 Å². The Hall–Kier alpha value is -5.00. The highest BCUT2D eigenvalue weighted by atomic mass is 32.1. The first-order chi connectivity index (χ1) is 21.1. The number of benzene rings is 2. The summed E-state index contributed by atoms with van der Waals surface area (Å²) in [6.07, 6.45) is 5.95. The zero-order valence-electron chi connectivity index (χ0n) is 23.6. The lowest BCUT2D eigenvalue weighted by Gasteiger charge is -2.17. The molecule has 6 aromatic rings. The molecule has 2 N–H and O–H groups in total. The van der Waals surface area contributed by atoms with Gasteiger partial charge in [-0.15, -0.1) is 11.3 Å². The molecular formula is C32H29N7O3S. The number of hydrogen-bond donors (Lipinski definition) is 2. The van der Waals surface area contributed by atoms with E-state index in [2.05, 4.69) is 37.2 Å². The van der Waals surface area contributed by atoms with E-state index in [9.17, 15) is 4.79 Å². The van der Waals surface area contributed by atoms with Crippen LogP contribution in [0.25, 0.3) is 21.5 Å². The number of pyridine rings is 1. The quantitative estimate of drug-likeness (QED) is 0.190. The first kappa shape index (κ1) is 26.9. The van der Waals surface area contributed by atoms with Crippen molar-refractivity contribution in [3.63, 3.8) is 0 Å². The highest BCUT2D eigenvalue weighted by Gasteiger charge is 2.42. The number of imidazole rings is 1. The summed E-state index contributed by atoms with van der Waals surface area (Å²) in [6, 6.07) is 23.3. The van der Waals surface area contributed by atoms with Gasteiger partial charge in [-0.05, 0) is 60.5 Å². The molecule has 2 unspecified atom stereocenters. The van der Waals surface area contributed by atoms with Crippen molar-refractivity contribution in [2.24, 2.45) is 0 Å². The average Bonchev–Trinajstić information content (AvgIpc) is 3.42. The van der Waals surface area contributed by atoms with E-state index in [0.29, 0.717) is 23.9 Å². The second-order valence-corrected chi connectivity index (χ2v) is 11.4. The minimum absolute atomic E-state index is 0.0615. The molecule has 0 aliphatic carbocycles. The van der Waals surface area contributed by atoms with E-state index in [0.717, 1.165) is 44.0 Å². The van der Waals surface area contributed by atoms with Gasteiger partial charge in [-0.2, -0.15) is 5.10 Å². The largest absolute Gasteiger partial charge is 0.481 e. The molecule has 0 bridgehead atoms. The first-order valence-electron chi connectivity index (χ1n) is 13.9. The molecule has 43 heavy (non-hydrogen) atoms. The van der Waals surface area contributed by atoms with Crippen molar-refractivity contribution in [1.82, 2.24) is 24.7 Å². The molecule has 4 aromatic heterocycles. The minimum atomic E-state index is -0.200. The number of nitrogens with zero attached hydrogens (tertiary/aromatic N) is 5. The number of amides is 1. The molecule has 1 amide bonds. The number of hydrogen-bond acceptors (Lipinski definition) is 8. The van der Waals surface area contributed by atoms with E-state index in [-0.39, 0.29) is 18.2 Å². The molecule has 0 radical (unpaired) electrons. The van der Waals surface area contributed by atoms with E-state index in [1.165, 1.54) is 0 Å². The number of anilines is 2. The Morgan fingerprint density at radius 2 is 2.02 bits per heavy atom. The van der Waals surface area contributed by atoms with Crippen LogP contribution in [0, 0.1) is 0 Å². The number of ether oxygens (including phenoxy) is 2. The Kier molecular flexibility index (Phi) is 7.09. The topological polar surface area (TPSA) is 113 Å². The van der Waals surface area contributed by atoms with Crippen LogP contribution in [-0.2, 0) is 17.7 Å². The van der Waals surface area contributed by atoms with Crippen molar-refractivity contribution in [1.29, 1.82) is 0 Å². The predicted octanol–water partition coefficient (Wildman–Crippen LogP) is 5.92. The van der Waals surface area contributed by atoms with Gasteiger partial charge in [-0.3, -0.25) is 9.89 Å². The maximum atomic E-state index is 13.1. The lowest BCUT2D eigenvalue weighted by molar-refractivity contribution is 0.0993. The third kappa shape index (κ3) is 5.47. The summed E-state index contributed by atoms with van der Waals surface area (Å²) >= 11 is 1.69. The van der Waals surface area contributed by atoms with Crippen molar-refractivity contribution in [3.8, 4) is 16.3 Å². The Balaban J connectivity index is 1.16. The van der Waals surface area contributed by atoms with Crippen molar-refractivity contribution in [2.45, 2.75) is 25.3 Å². The zero-order valence-corrected chi connectivity index (χ0v) is 24.4. The van der Waals surface area contributed by atoms with E-state index < -0.39 is 0 Å². The molecule has 1 saturated heterocycles. The molecule has 1 aliphatic rings. The van der Waals surface area contributed by atoms with E-state index >= 15 is 0 Å². The van der Waals surface area contributed by atoms with Crippen LogP contribution >= 0.6 is 11.3 Å². The molecule has 2 aromatic carbocycles. The van der Waals surface area contributed by atoms with Gasteiger partial charge in [-0.1, -0.05) is 18.2 Å². The van der Waals surface area contributed by atoms with Gasteiger partial charge in [0, 0.05) is 58.6 Å². The van der Waals surface area contributed by atoms with Crippen LogP contribution in [0.15, 0.2) is 91.4 Å². The zero-order chi connectivity index (χ0) is 29.3. The fourth-order valence-corrected chi connectivity index (χ4v) is 6.18. The summed E-state index contributed by atoms with van der Waals surface area (Å²) in [5, 5.41) is 10.4. The minimum Gasteiger partial charge on any atom is -0.481 e. The Labute approximate surface area is 251 Å². The maximum absolute atomic E-state index is 13.1. The summed E-state index contributed by atoms with van der Waals surface area (Å²) in [5.74, 6) is 1.22. The van der Waals surface area contributed by atoms with E-state index in [4.69, 9.17) is 14.5 Å². The van der Waals surface area contributed by atoms with Gasteiger partial charge in [-0.25, -0.2) is 9.97 Å². The molecule has 216 valence electrons. The average molecular weight is 592 g/mol. The maximum Gasteiger partial charge on any atom is 0.258 e. The van der Waals surface area contributed by atoms with Crippen molar-refractivity contribution in [3.05, 3.63) is 107 Å². The second-order valence-electron chi connectivity index (χ2n) is 10.3. The normalized spacial score (nSPS) is 15.9. The number of H-pyrrole nitrogens is 1. The molecule has 7 rings (SSSR count). The summed E-state index contributed by atoms with van der Waals surface area (Å²) in [4.78, 5) is 26.3. The molecule has 11 heteroatoms. The lowest BCUT2D eigenvalue weighted by atomic mass is 10.2. The molecule has 5 heterocycles. The van der Waals surface area contributed by atoms with Crippen molar-refractivity contribution in [2.75, 3.05) is 24.4 Å². The third-order valence-corrected chi connectivity index (χ3v) is 8.73. The summed E-state index contributed by atoms with van der Waals surface area (Å²) in [6.45, 7) is 0.672. The number of aryl methyl sites for hydroxylation is 2. The number of rotatable bonds is 10. The number of carbonyl (C=O) groups excluding carboxylic acids is 1. The first-order valence-corrected chi connectivity index (χ1v) is 14.7. The van der Waals surface area contributed by atoms with Gasteiger partial charge in [0.15, 0.2) is 6.23 Å². The number of nitrogens with one attached hydrogen (secondary N) is 2. The number of fused-ring (bicyclic) bond motifs is 1. The monoisotopic (exact) mass is 591 g/mol. The Morgan fingerprint density at radius 3 is 2.84 bits per heavy atom. The van der Waals surface area contributed by atoms with Crippen LogP contribution in [0.4, 0.5) is 11.6 Å². The number of methoxy groups -OCH3 is 1. The van der Waals surface area contributed by atoms with Crippen LogP contribution in [0.5, 0.6) is 5.88 Å². The number of aromatic nitrogens is 5. The fourth-order valence-electron chi connectivity index (χ4n) is 5.13. The smallest absolute Gasteiger partial charge is 0.258 e. The lowest BCUT2D eigenvalue weighted by Crippen LogP contribution is -2.26. The molecule has 0 spiro atoms. The number of epoxide rings is 1. The number of thiophene rings is 1. The van der Waals surface area contributed by atoms with Crippen LogP contribution in [-0.4, -0.2) is 51.0 Å². The van der Waals surface area contributed by atoms with Crippen molar-refractivity contribution >= 4 is 39.9 Å². The summed E-state index contributed by atoms with van der Waals surface area (Å²) < 4.78 is 13.5. The Morgan fingerprint density at radius 1 is 1.14 bits per heavy atom. The molecule has 10 nitrogen and oxygen atoms in total. The van der Waals surface area contributed by atoms with Gasteiger partial charge in [0.2, 0.25) is 11.8 Å². The SMILES string of the molecule is COc1cc(CCn2c(NC3OC3c3ccc(-c4cn[nH]c4)s3)nc3cc(N(C)C(=O)c4ccccc4)ccc32)ccn1. The fraction of sp³-hybridized carbons (Fsp3) is 0.188. The predicted molar refractivity (Wildman–Crippen MR) is 167 cm³/mol. The van der Waals surface area contributed by atoms with E-state index in [1.54, 1.807) is 36.6 Å². The summed E-state index contributed by atoms with van der Waals surface area (Å²) in [7, 11) is 3.40.